The van der Waals surface area contributed by atoms with Crippen molar-refractivity contribution in [1.29, 1.82) is 0 Å². The van der Waals surface area contributed by atoms with Gasteiger partial charge in [-0.15, -0.1) is 0 Å². The number of hydrogen-bond donors (Lipinski definition) is 1. The van der Waals surface area contributed by atoms with Crippen LogP contribution in [0.3, 0.4) is 0 Å². The average Bonchev–Trinajstić information content (AvgIpc) is 3.62. The molecule has 7 heteroatoms. The van der Waals surface area contributed by atoms with Crippen LogP contribution in [0.25, 0.3) is 0 Å². The first-order chi connectivity index (χ1) is 14.6. The molecule has 2 heterocycles. The van der Waals surface area contributed by atoms with Crippen LogP contribution in [0.5, 0.6) is 0 Å². The molecule has 2 aliphatic heterocycles. The standard InChI is InChI=1S/C24H41NO6/c1-8-13-28-22(4,5)14-25-21(26)30-17-11-12-24(15-29-24)20(19(17)27-7)23(6)18(31-23)10-9-16(2)3/h9,17-20H,8,10-15H2,1-7H3,(H,25,26)/t17-,18-,19-,20-,23+,24?/m1/s1. The second-order valence-electron chi connectivity index (χ2n) is 10.3. The minimum atomic E-state index is -0.440. The van der Waals surface area contributed by atoms with Gasteiger partial charge < -0.3 is 29.0 Å². The van der Waals surface area contributed by atoms with E-state index in [9.17, 15) is 4.79 Å². The second kappa shape index (κ2) is 9.38. The summed E-state index contributed by atoms with van der Waals surface area (Å²) >= 11 is 0. The topological polar surface area (TPSA) is 81.9 Å². The van der Waals surface area contributed by atoms with Crippen LogP contribution in [0.15, 0.2) is 11.6 Å². The molecule has 3 fully saturated rings. The first kappa shape index (κ1) is 24.5. The molecule has 6 atom stereocenters. The van der Waals surface area contributed by atoms with Crippen LogP contribution >= 0.6 is 0 Å². The minimum Gasteiger partial charge on any atom is -0.443 e. The zero-order valence-corrected chi connectivity index (χ0v) is 20.3. The maximum Gasteiger partial charge on any atom is 0.407 e. The van der Waals surface area contributed by atoms with Gasteiger partial charge in [-0.05, 0) is 60.3 Å². The number of methoxy groups -OCH3 is 1. The molecule has 0 aromatic rings. The van der Waals surface area contributed by atoms with Crippen molar-refractivity contribution in [2.24, 2.45) is 5.92 Å². The predicted octanol–water partition coefficient (Wildman–Crippen LogP) is 3.99. The molecular weight excluding hydrogens is 398 g/mol. The zero-order valence-electron chi connectivity index (χ0n) is 20.3. The summed E-state index contributed by atoms with van der Waals surface area (Å²) in [5.41, 5.74) is 0.286. The van der Waals surface area contributed by atoms with E-state index in [-0.39, 0.29) is 35.4 Å². The third-order valence-electron chi connectivity index (χ3n) is 6.85. The highest BCUT2D eigenvalue weighted by atomic mass is 16.6. The highest BCUT2D eigenvalue weighted by molar-refractivity contribution is 5.67. The number of hydrogen-bond acceptors (Lipinski definition) is 6. The summed E-state index contributed by atoms with van der Waals surface area (Å²) in [7, 11) is 1.69. The normalized spacial score (nSPS) is 36.7. The number of carbonyl (C=O) groups excluding carboxylic acids is 1. The van der Waals surface area contributed by atoms with Gasteiger partial charge >= 0.3 is 6.09 Å². The summed E-state index contributed by atoms with van der Waals surface area (Å²) in [6, 6.07) is 0. The molecule has 2 saturated heterocycles. The average molecular weight is 440 g/mol. The molecule has 0 radical (unpaired) electrons. The van der Waals surface area contributed by atoms with Crippen molar-refractivity contribution in [2.75, 3.05) is 26.9 Å². The predicted molar refractivity (Wildman–Crippen MR) is 118 cm³/mol. The smallest absolute Gasteiger partial charge is 0.407 e. The van der Waals surface area contributed by atoms with E-state index in [0.29, 0.717) is 26.2 Å². The third-order valence-corrected chi connectivity index (χ3v) is 6.85. The van der Waals surface area contributed by atoms with Gasteiger partial charge in [0.15, 0.2) is 0 Å². The Hall–Kier alpha value is -1.15. The molecule has 1 saturated carbocycles. The molecular formula is C24H41NO6. The van der Waals surface area contributed by atoms with E-state index < -0.39 is 11.7 Å². The molecule has 7 nitrogen and oxygen atoms in total. The summed E-state index contributed by atoms with van der Waals surface area (Å²) in [5.74, 6) is 0.0245. The lowest BCUT2D eigenvalue weighted by Gasteiger charge is -2.42. The quantitative estimate of drug-likeness (QED) is 0.409. The van der Waals surface area contributed by atoms with E-state index in [1.807, 2.05) is 13.8 Å². The van der Waals surface area contributed by atoms with Gasteiger partial charge in [0, 0.05) is 20.3 Å². The first-order valence-corrected chi connectivity index (χ1v) is 11.6. The van der Waals surface area contributed by atoms with Crippen LogP contribution in [0.1, 0.15) is 67.2 Å². The number of alkyl carbamates (subject to hydrolysis) is 1. The third kappa shape index (κ3) is 5.62. The lowest BCUT2D eigenvalue weighted by atomic mass is 9.68. The van der Waals surface area contributed by atoms with E-state index in [4.69, 9.17) is 23.7 Å². The molecule has 3 rings (SSSR count). The molecule has 1 amide bonds. The van der Waals surface area contributed by atoms with Crippen molar-refractivity contribution >= 4 is 6.09 Å². The van der Waals surface area contributed by atoms with Gasteiger partial charge in [-0.25, -0.2) is 4.79 Å². The Bertz CT molecular complexity index is 669. The maximum atomic E-state index is 12.6. The molecule has 1 unspecified atom stereocenters. The molecule has 0 aromatic heterocycles. The van der Waals surface area contributed by atoms with Crippen molar-refractivity contribution in [3.63, 3.8) is 0 Å². The Kier molecular flexibility index (Phi) is 7.41. The Morgan fingerprint density at radius 2 is 2.03 bits per heavy atom. The number of ether oxygens (including phenoxy) is 5. The molecule has 1 aliphatic carbocycles. The van der Waals surface area contributed by atoms with Crippen LogP contribution in [-0.2, 0) is 23.7 Å². The second-order valence-corrected chi connectivity index (χ2v) is 10.3. The van der Waals surface area contributed by atoms with Gasteiger partial charge in [0.25, 0.3) is 0 Å². The van der Waals surface area contributed by atoms with Gasteiger partial charge in [-0.2, -0.15) is 0 Å². The monoisotopic (exact) mass is 439 g/mol. The number of amides is 1. The number of epoxide rings is 2. The number of carbonyl (C=O) groups is 1. The summed E-state index contributed by atoms with van der Waals surface area (Å²) in [4.78, 5) is 12.6. The van der Waals surface area contributed by atoms with Crippen LogP contribution in [0.2, 0.25) is 0 Å². The lowest BCUT2D eigenvalue weighted by molar-refractivity contribution is -0.118. The van der Waals surface area contributed by atoms with E-state index in [0.717, 1.165) is 19.3 Å². The number of rotatable bonds is 10. The lowest BCUT2D eigenvalue weighted by Crippen LogP contribution is -2.56. The SMILES string of the molecule is CCCOC(C)(C)CNC(=O)O[C@@H]1CCC2(CO2)[C@@H]([C@@]2(C)O[C@@H]2CC=C(C)C)[C@@H]1OC. The Morgan fingerprint density at radius 3 is 2.61 bits per heavy atom. The van der Waals surface area contributed by atoms with Gasteiger partial charge in [0.2, 0.25) is 0 Å². The zero-order chi connectivity index (χ0) is 22.9. The fourth-order valence-corrected chi connectivity index (χ4v) is 4.96. The van der Waals surface area contributed by atoms with Crippen molar-refractivity contribution in [1.82, 2.24) is 5.32 Å². The molecule has 1 spiro atoms. The fraction of sp³-hybridized carbons (Fsp3) is 0.875. The molecule has 0 aromatic carbocycles. The van der Waals surface area contributed by atoms with Crippen LogP contribution in [0.4, 0.5) is 4.79 Å². The van der Waals surface area contributed by atoms with E-state index in [1.54, 1.807) is 7.11 Å². The molecule has 31 heavy (non-hydrogen) atoms. The van der Waals surface area contributed by atoms with Gasteiger partial charge in [-0.3, -0.25) is 0 Å². The van der Waals surface area contributed by atoms with Crippen molar-refractivity contribution in [3.8, 4) is 0 Å². The highest BCUT2D eigenvalue weighted by Crippen LogP contribution is 2.59. The summed E-state index contributed by atoms with van der Waals surface area (Å²) in [5, 5.41) is 2.86. The van der Waals surface area contributed by atoms with Gasteiger partial charge in [-0.1, -0.05) is 18.6 Å². The summed E-state index contributed by atoms with van der Waals surface area (Å²) < 4.78 is 29.7. The van der Waals surface area contributed by atoms with E-state index in [2.05, 4.69) is 39.1 Å². The number of allylic oxidation sites excluding steroid dienone is 1. The summed E-state index contributed by atoms with van der Waals surface area (Å²) in [6.07, 6.45) is 4.67. The Labute approximate surface area is 187 Å². The minimum absolute atomic E-state index is 0.0245. The Balaban J connectivity index is 1.62. The summed E-state index contributed by atoms with van der Waals surface area (Å²) in [6.45, 7) is 14.1. The van der Waals surface area contributed by atoms with Crippen molar-refractivity contribution < 1.29 is 28.5 Å². The molecule has 178 valence electrons. The highest BCUT2D eigenvalue weighted by Gasteiger charge is 2.72. The maximum absolute atomic E-state index is 12.6. The molecule has 0 bridgehead atoms. The number of nitrogens with one attached hydrogen (secondary N) is 1. The Morgan fingerprint density at radius 1 is 1.32 bits per heavy atom. The van der Waals surface area contributed by atoms with Crippen molar-refractivity contribution in [2.45, 2.75) is 102 Å². The molecule has 1 N–H and O–H groups in total. The largest absolute Gasteiger partial charge is 0.443 e. The van der Waals surface area contributed by atoms with E-state index >= 15 is 0 Å². The van der Waals surface area contributed by atoms with Gasteiger partial charge in [0.05, 0.1) is 24.2 Å². The van der Waals surface area contributed by atoms with E-state index in [1.165, 1.54) is 5.57 Å². The van der Waals surface area contributed by atoms with Crippen molar-refractivity contribution in [3.05, 3.63) is 11.6 Å². The molecule has 3 aliphatic rings. The first-order valence-electron chi connectivity index (χ1n) is 11.6. The van der Waals surface area contributed by atoms with Crippen LogP contribution < -0.4 is 5.32 Å². The van der Waals surface area contributed by atoms with Crippen LogP contribution in [-0.4, -0.2) is 68.1 Å². The van der Waals surface area contributed by atoms with Gasteiger partial charge in [0.1, 0.15) is 23.4 Å². The fourth-order valence-electron chi connectivity index (χ4n) is 4.96. The van der Waals surface area contributed by atoms with Crippen LogP contribution in [0, 0.1) is 5.92 Å².